The summed E-state index contributed by atoms with van der Waals surface area (Å²) in [5.74, 6) is -0.789. The molecule has 0 amide bonds. The van der Waals surface area contributed by atoms with Crippen LogP contribution in [-0.2, 0) is 16.2 Å². The number of esters is 1. The first-order chi connectivity index (χ1) is 12.2. The van der Waals surface area contributed by atoms with Crippen molar-refractivity contribution in [3.63, 3.8) is 0 Å². The lowest BCUT2D eigenvalue weighted by Crippen LogP contribution is -2.22. The number of carbonyl (C=O) groups excluding carboxylic acids is 1. The molecule has 0 aliphatic rings. The number of methoxy groups -OCH3 is 1. The van der Waals surface area contributed by atoms with E-state index in [1.54, 1.807) is 16.7 Å². The molecule has 2 aromatic rings. The van der Waals surface area contributed by atoms with Crippen molar-refractivity contribution in [2.24, 2.45) is 0 Å². The molecule has 0 radical (unpaired) electrons. The van der Waals surface area contributed by atoms with Crippen molar-refractivity contribution in [2.45, 2.75) is 32.4 Å². The Morgan fingerprint density at radius 2 is 1.81 bits per heavy atom. The summed E-state index contributed by atoms with van der Waals surface area (Å²) in [6.45, 7) is 7.70. The highest BCUT2D eigenvalue weighted by Gasteiger charge is 2.26. The van der Waals surface area contributed by atoms with Crippen LogP contribution in [0, 0.1) is 5.82 Å². The SMILES string of the molecule is COC(=O)c1c(Br)c(-c2ccc(F)cc2)c(Br)n1COCC[Si](C)(C)C. The van der Waals surface area contributed by atoms with E-state index in [4.69, 9.17) is 9.47 Å². The summed E-state index contributed by atoms with van der Waals surface area (Å²) in [4.78, 5) is 12.3. The summed E-state index contributed by atoms with van der Waals surface area (Å²) in [6.07, 6.45) is 0. The van der Waals surface area contributed by atoms with E-state index < -0.39 is 14.0 Å². The zero-order valence-corrected chi connectivity index (χ0v) is 19.4. The molecule has 0 saturated carbocycles. The van der Waals surface area contributed by atoms with Crippen LogP contribution in [0.15, 0.2) is 33.3 Å². The second-order valence-electron chi connectivity index (χ2n) is 7.10. The normalized spacial score (nSPS) is 11.7. The van der Waals surface area contributed by atoms with E-state index in [0.717, 1.165) is 17.2 Å². The van der Waals surface area contributed by atoms with Crippen molar-refractivity contribution in [1.29, 1.82) is 0 Å². The van der Waals surface area contributed by atoms with Crippen molar-refractivity contribution < 1.29 is 18.7 Å². The number of nitrogens with zero attached hydrogens (tertiary/aromatic N) is 1. The number of halogens is 3. The summed E-state index contributed by atoms with van der Waals surface area (Å²) in [5.41, 5.74) is 1.88. The van der Waals surface area contributed by atoms with E-state index in [0.29, 0.717) is 21.4 Å². The molecule has 142 valence electrons. The summed E-state index contributed by atoms with van der Waals surface area (Å²) < 4.78 is 27.0. The lowest BCUT2D eigenvalue weighted by atomic mass is 10.1. The van der Waals surface area contributed by atoms with Gasteiger partial charge in [0.25, 0.3) is 0 Å². The first-order valence-corrected chi connectivity index (χ1v) is 13.4. The van der Waals surface area contributed by atoms with Gasteiger partial charge in [0.1, 0.15) is 18.2 Å². The van der Waals surface area contributed by atoms with Gasteiger partial charge in [0.2, 0.25) is 0 Å². The molecule has 2 rings (SSSR count). The molecule has 0 fully saturated rings. The summed E-state index contributed by atoms with van der Waals surface area (Å²) >= 11 is 7.05. The lowest BCUT2D eigenvalue weighted by Gasteiger charge is -2.16. The highest BCUT2D eigenvalue weighted by atomic mass is 79.9. The van der Waals surface area contributed by atoms with E-state index in [-0.39, 0.29) is 12.5 Å². The van der Waals surface area contributed by atoms with Gasteiger partial charge >= 0.3 is 5.97 Å². The second-order valence-corrected chi connectivity index (χ2v) is 14.3. The highest BCUT2D eigenvalue weighted by molar-refractivity contribution is 9.11. The molecule has 1 aromatic heterocycles. The molecule has 0 aliphatic heterocycles. The predicted molar refractivity (Wildman–Crippen MR) is 111 cm³/mol. The number of hydrogen-bond acceptors (Lipinski definition) is 3. The van der Waals surface area contributed by atoms with Crippen LogP contribution in [0.1, 0.15) is 10.5 Å². The fraction of sp³-hybridized carbons (Fsp3) is 0.389. The van der Waals surface area contributed by atoms with Gasteiger partial charge in [0.15, 0.2) is 0 Å². The Hall–Kier alpha value is -0.963. The van der Waals surface area contributed by atoms with Crippen molar-refractivity contribution >= 4 is 45.9 Å². The fourth-order valence-electron chi connectivity index (χ4n) is 2.37. The number of aromatic nitrogens is 1. The van der Waals surface area contributed by atoms with E-state index in [9.17, 15) is 9.18 Å². The Labute approximate surface area is 170 Å². The molecule has 1 aromatic carbocycles. The van der Waals surface area contributed by atoms with Gasteiger partial charge < -0.3 is 14.0 Å². The van der Waals surface area contributed by atoms with Gasteiger partial charge in [-0.05, 0) is 55.6 Å². The summed E-state index contributed by atoms with van der Waals surface area (Å²) in [7, 11) is 0.140. The Morgan fingerprint density at radius 1 is 1.19 bits per heavy atom. The smallest absolute Gasteiger partial charge is 0.355 e. The molecule has 0 N–H and O–H groups in total. The average molecular weight is 507 g/mol. The van der Waals surface area contributed by atoms with Gasteiger partial charge in [-0.15, -0.1) is 0 Å². The lowest BCUT2D eigenvalue weighted by molar-refractivity contribution is 0.0536. The average Bonchev–Trinajstić information content (AvgIpc) is 2.81. The van der Waals surface area contributed by atoms with Crippen LogP contribution in [0.4, 0.5) is 4.39 Å². The summed E-state index contributed by atoms with van der Waals surface area (Å²) in [6, 6.07) is 7.13. The minimum atomic E-state index is -1.20. The van der Waals surface area contributed by atoms with Gasteiger partial charge in [-0.1, -0.05) is 31.8 Å². The van der Waals surface area contributed by atoms with Crippen LogP contribution >= 0.6 is 31.9 Å². The van der Waals surface area contributed by atoms with Crippen LogP contribution in [0.5, 0.6) is 0 Å². The zero-order valence-electron chi connectivity index (χ0n) is 15.2. The maximum Gasteiger partial charge on any atom is 0.355 e. The first kappa shape index (κ1) is 21.3. The highest BCUT2D eigenvalue weighted by Crippen LogP contribution is 2.40. The van der Waals surface area contributed by atoms with Gasteiger partial charge in [-0.25, -0.2) is 9.18 Å². The number of benzene rings is 1. The number of carbonyl (C=O) groups is 1. The van der Waals surface area contributed by atoms with Crippen LogP contribution in [0.2, 0.25) is 25.7 Å². The van der Waals surface area contributed by atoms with Gasteiger partial charge in [-0.3, -0.25) is 0 Å². The fourth-order valence-corrected chi connectivity index (χ4v) is 4.90. The van der Waals surface area contributed by atoms with Gasteiger partial charge in [0.05, 0.1) is 16.2 Å². The molecule has 1 heterocycles. The molecule has 4 nitrogen and oxygen atoms in total. The molecular weight excluding hydrogens is 485 g/mol. The predicted octanol–water partition coefficient (Wildman–Crippen LogP) is 5.92. The molecule has 0 atom stereocenters. The first-order valence-electron chi connectivity index (χ1n) is 8.15. The van der Waals surface area contributed by atoms with Crippen LogP contribution in [-0.4, -0.2) is 32.3 Å². The van der Waals surface area contributed by atoms with Crippen molar-refractivity contribution in [2.75, 3.05) is 13.7 Å². The molecule has 8 heteroatoms. The van der Waals surface area contributed by atoms with Crippen molar-refractivity contribution in [1.82, 2.24) is 4.57 Å². The maximum absolute atomic E-state index is 13.3. The molecule has 0 bridgehead atoms. The molecule has 26 heavy (non-hydrogen) atoms. The largest absolute Gasteiger partial charge is 0.464 e. The molecular formula is C18H22Br2FNO3Si. The van der Waals surface area contributed by atoms with Crippen LogP contribution < -0.4 is 0 Å². The number of hydrogen-bond donors (Lipinski definition) is 0. The Morgan fingerprint density at radius 3 is 2.35 bits per heavy atom. The Kier molecular flexibility index (Phi) is 7.24. The topological polar surface area (TPSA) is 40.5 Å². The van der Waals surface area contributed by atoms with Crippen LogP contribution in [0.3, 0.4) is 0 Å². The van der Waals surface area contributed by atoms with E-state index in [1.165, 1.54) is 19.2 Å². The van der Waals surface area contributed by atoms with Crippen molar-refractivity contribution in [3.8, 4) is 11.1 Å². The third kappa shape index (κ3) is 5.06. The molecule has 0 unspecified atom stereocenters. The third-order valence-corrected chi connectivity index (χ3v) is 7.17. The Balaban J connectivity index is 2.38. The van der Waals surface area contributed by atoms with Crippen molar-refractivity contribution in [3.05, 3.63) is 44.9 Å². The summed E-state index contributed by atoms with van der Waals surface area (Å²) in [5, 5.41) is 0. The molecule has 0 saturated heterocycles. The van der Waals surface area contributed by atoms with Crippen LogP contribution in [0.25, 0.3) is 11.1 Å². The van der Waals surface area contributed by atoms with E-state index >= 15 is 0 Å². The van der Waals surface area contributed by atoms with Gasteiger partial charge in [-0.2, -0.15) is 0 Å². The Bertz CT molecular complexity index is 785. The number of rotatable bonds is 7. The van der Waals surface area contributed by atoms with E-state index in [2.05, 4.69) is 51.5 Å². The maximum atomic E-state index is 13.3. The standard InChI is InChI=1S/C18H22Br2FNO3Si/c1-24-18(23)16-15(19)14(12-5-7-13(21)8-6-12)17(20)22(16)11-25-9-10-26(2,3)4/h5-8H,9-11H2,1-4H3. The minimum absolute atomic E-state index is 0.218. The third-order valence-electron chi connectivity index (χ3n) is 3.87. The molecule has 0 aliphatic carbocycles. The van der Waals surface area contributed by atoms with Gasteiger partial charge in [0, 0.05) is 20.2 Å². The monoisotopic (exact) mass is 505 g/mol. The zero-order chi connectivity index (χ0) is 19.5. The number of ether oxygens (including phenoxy) is 2. The van der Waals surface area contributed by atoms with E-state index in [1.807, 2.05) is 0 Å². The quantitative estimate of drug-likeness (QED) is 0.266. The molecule has 0 spiro atoms. The minimum Gasteiger partial charge on any atom is -0.464 e. The second kappa shape index (κ2) is 8.82.